The third-order valence-corrected chi connectivity index (χ3v) is 6.02. The monoisotopic (exact) mass is 458 g/mol. The number of hydrazone groups is 1. The number of rotatable bonds is 7. The fourth-order valence-corrected chi connectivity index (χ4v) is 3.88. The number of carbonyl (C=O) groups excluding carboxylic acids is 1. The Morgan fingerprint density at radius 1 is 1.23 bits per heavy atom. The lowest BCUT2D eigenvalue weighted by atomic mass is 10.2. The Morgan fingerprint density at radius 2 is 1.97 bits per heavy atom. The lowest BCUT2D eigenvalue weighted by Crippen LogP contribution is -2.64. The molecule has 10 nitrogen and oxygen atoms in total. The zero-order valence-electron chi connectivity index (χ0n) is 16.7. The largest absolute Gasteiger partial charge is 0.344 e. The highest BCUT2D eigenvalue weighted by molar-refractivity contribution is 7.90. The summed E-state index contributed by atoms with van der Waals surface area (Å²) in [6.45, 7) is 1.81. The molecule has 0 aliphatic heterocycles. The highest BCUT2D eigenvalue weighted by Gasteiger charge is 2.16. The van der Waals surface area contributed by atoms with Crippen LogP contribution in [-0.2, 0) is 21.2 Å². The van der Waals surface area contributed by atoms with Crippen molar-refractivity contribution < 1.29 is 18.2 Å². The Morgan fingerprint density at radius 3 is 2.61 bits per heavy atom. The van der Waals surface area contributed by atoms with Crippen molar-refractivity contribution in [3.63, 3.8) is 0 Å². The number of nitrogens with two attached hydrogens (primary N) is 1. The van der Waals surface area contributed by atoms with E-state index in [9.17, 15) is 13.2 Å². The summed E-state index contributed by atoms with van der Waals surface area (Å²) in [5.41, 5.74) is 1.85. The molecule has 0 spiro atoms. The van der Waals surface area contributed by atoms with E-state index in [-0.39, 0.29) is 17.3 Å². The number of carbonyl (C=O) groups is 1. The summed E-state index contributed by atoms with van der Waals surface area (Å²) in [6.07, 6.45) is 2.40. The molecule has 0 aliphatic carbocycles. The molecule has 4 N–H and O–H groups in total. The van der Waals surface area contributed by atoms with Crippen molar-refractivity contribution in [2.45, 2.75) is 18.5 Å². The molecule has 3 rings (SSSR count). The van der Waals surface area contributed by atoms with Crippen molar-refractivity contribution in [2.75, 3.05) is 6.26 Å². The number of hydrogen-bond acceptors (Lipinski definition) is 9. The number of benzene rings is 1. The van der Waals surface area contributed by atoms with Crippen molar-refractivity contribution in [3.8, 4) is 10.6 Å². The number of nitrogens with one attached hydrogen (secondary N) is 2. The van der Waals surface area contributed by atoms with Crippen molar-refractivity contribution in [2.24, 2.45) is 10.9 Å². The summed E-state index contributed by atoms with van der Waals surface area (Å²) in [7, 11) is -3.41. The van der Waals surface area contributed by atoms with Crippen LogP contribution in [0.15, 0.2) is 52.6 Å². The first-order chi connectivity index (χ1) is 14.8. The van der Waals surface area contributed by atoms with Gasteiger partial charge in [-0.2, -0.15) is 5.10 Å². The minimum Gasteiger partial charge on any atom is -0.344 e. The first-order valence-corrected chi connectivity index (χ1v) is 11.7. The third-order valence-electron chi connectivity index (χ3n) is 4.06. The molecule has 0 unspecified atom stereocenters. The maximum absolute atomic E-state index is 12.4. The number of amides is 1. The van der Waals surface area contributed by atoms with Gasteiger partial charge >= 0.3 is 0 Å². The normalized spacial score (nSPS) is 12.3. The Hall–Kier alpha value is -3.51. The van der Waals surface area contributed by atoms with Crippen LogP contribution in [0.2, 0.25) is 0 Å². The second-order valence-electron chi connectivity index (χ2n) is 6.41. The fraction of sp³-hybridized carbons (Fsp3) is 0.158. The van der Waals surface area contributed by atoms with E-state index >= 15 is 0 Å². The van der Waals surface area contributed by atoms with E-state index < -0.39 is 15.7 Å². The van der Waals surface area contributed by atoms with Crippen molar-refractivity contribution in [1.29, 1.82) is 0 Å². The van der Waals surface area contributed by atoms with Crippen molar-refractivity contribution in [3.05, 3.63) is 53.2 Å². The molecule has 31 heavy (non-hydrogen) atoms. The molecule has 0 bridgehead atoms. The van der Waals surface area contributed by atoms with E-state index in [1.807, 2.05) is 30.3 Å². The zero-order valence-corrected chi connectivity index (χ0v) is 18.4. The molecule has 0 aliphatic rings. The molecule has 2 aromatic heterocycles. The van der Waals surface area contributed by atoms with Crippen LogP contribution in [0.25, 0.3) is 10.6 Å². The summed E-state index contributed by atoms with van der Waals surface area (Å²) in [5.74, 6) is 4.83. The van der Waals surface area contributed by atoms with Gasteiger partial charge in [-0.15, -0.1) is 10.2 Å². The van der Waals surface area contributed by atoms with Crippen molar-refractivity contribution >= 4 is 44.7 Å². The maximum atomic E-state index is 12.4. The molecule has 2 heterocycles. The van der Waals surface area contributed by atoms with E-state index in [1.54, 1.807) is 13.0 Å². The number of aryl methyl sites for hydroxylation is 1. The first-order valence-electron chi connectivity index (χ1n) is 8.99. The Bertz CT molecular complexity index is 1250. The average Bonchev–Trinajstić information content (AvgIpc) is 3.22. The predicted molar refractivity (Wildman–Crippen MR) is 118 cm³/mol. The van der Waals surface area contributed by atoms with Gasteiger partial charge in [-0.3, -0.25) is 4.79 Å². The molecule has 1 amide bonds. The molecule has 3 aromatic rings. The molecule has 0 fully saturated rings. The highest BCUT2D eigenvalue weighted by Crippen LogP contribution is 2.22. The molecular formula is C19H20N7O3S2+. The summed E-state index contributed by atoms with van der Waals surface area (Å²) < 4.78 is 23.2. The van der Waals surface area contributed by atoms with E-state index in [0.717, 1.165) is 16.8 Å². The van der Waals surface area contributed by atoms with Gasteiger partial charge in [-0.1, -0.05) is 41.7 Å². The van der Waals surface area contributed by atoms with Gasteiger partial charge < -0.3 is 11.2 Å². The number of nitrogens with zero attached hydrogens (tertiary/aromatic N) is 4. The minimum atomic E-state index is -3.41. The number of pyridine rings is 1. The SMILES string of the molecule is Cc1nc(S(C)(=O)=O)ccc1[NH+]=C/C(=N\N)C(=O)NCc1nnc(-c2ccccc2)s1. The lowest BCUT2D eigenvalue weighted by molar-refractivity contribution is -0.346. The predicted octanol–water partition coefficient (Wildman–Crippen LogP) is -0.274. The second-order valence-corrected chi connectivity index (χ2v) is 9.43. The molecule has 0 saturated carbocycles. The Kier molecular flexibility index (Phi) is 6.82. The van der Waals surface area contributed by atoms with Crippen LogP contribution in [0.5, 0.6) is 0 Å². The number of sulfone groups is 1. The van der Waals surface area contributed by atoms with E-state index in [4.69, 9.17) is 5.84 Å². The van der Waals surface area contributed by atoms with Crippen LogP contribution in [0.3, 0.4) is 0 Å². The highest BCUT2D eigenvalue weighted by atomic mass is 32.2. The topological polar surface area (TPSA) is 154 Å². The van der Waals surface area contributed by atoms with Gasteiger partial charge in [0.15, 0.2) is 14.9 Å². The summed E-state index contributed by atoms with van der Waals surface area (Å²) in [5, 5.41) is 15.7. The molecular weight excluding hydrogens is 438 g/mol. The van der Waals surface area contributed by atoms with Crippen molar-refractivity contribution in [1.82, 2.24) is 20.5 Å². The van der Waals surface area contributed by atoms with E-state index in [2.05, 4.69) is 30.6 Å². The smallest absolute Gasteiger partial charge is 0.278 e. The first kappa shape index (κ1) is 22.2. The minimum absolute atomic E-state index is 0.0343. The molecule has 1 aromatic carbocycles. The molecule has 0 saturated heterocycles. The number of aromatic nitrogens is 3. The van der Waals surface area contributed by atoms with Gasteiger partial charge in [0.1, 0.15) is 15.7 Å². The summed E-state index contributed by atoms with van der Waals surface area (Å²) in [6, 6.07) is 12.5. The Balaban J connectivity index is 1.64. The van der Waals surface area contributed by atoms with Gasteiger partial charge in [0.2, 0.25) is 17.6 Å². The van der Waals surface area contributed by atoms with Crippen LogP contribution in [0.1, 0.15) is 10.7 Å². The molecule has 0 atom stereocenters. The Labute approximate surface area is 182 Å². The van der Waals surface area contributed by atoms with Crippen LogP contribution in [0.4, 0.5) is 5.69 Å². The zero-order chi connectivity index (χ0) is 22.4. The molecule has 160 valence electrons. The molecule has 0 radical (unpaired) electrons. The fourth-order valence-electron chi connectivity index (χ4n) is 2.47. The summed E-state index contributed by atoms with van der Waals surface area (Å²) >= 11 is 1.37. The van der Waals surface area contributed by atoms with Crippen LogP contribution in [-0.4, -0.2) is 47.7 Å². The van der Waals surface area contributed by atoms with Crippen LogP contribution >= 0.6 is 11.3 Å². The van der Waals surface area contributed by atoms with Gasteiger partial charge in [-0.25, -0.2) is 18.4 Å². The van der Waals surface area contributed by atoms with Crippen LogP contribution in [0, 0.1) is 6.92 Å². The quantitative estimate of drug-likeness (QED) is 0.250. The van der Waals surface area contributed by atoms with E-state index in [1.165, 1.54) is 23.6 Å². The van der Waals surface area contributed by atoms with Gasteiger partial charge in [-0.05, 0) is 13.0 Å². The van der Waals surface area contributed by atoms with Gasteiger partial charge in [0, 0.05) is 17.9 Å². The maximum Gasteiger partial charge on any atom is 0.278 e. The second kappa shape index (κ2) is 9.53. The van der Waals surface area contributed by atoms with E-state index in [0.29, 0.717) is 16.4 Å². The molecule has 12 heteroatoms. The average molecular weight is 459 g/mol. The number of hydrogen-bond donors (Lipinski definition) is 3. The van der Waals surface area contributed by atoms with Gasteiger partial charge in [0.05, 0.1) is 6.54 Å². The third kappa shape index (κ3) is 5.77. The summed E-state index contributed by atoms with van der Waals surface area (Å²) in [4.78, 5) is 19.3. The standard InChI is InChI=1S/C19H19N7O3S2/c1-12-14(8-9-17(23-12)31(2,28)29)21-10-15(24-20)18(27)22-11-16-25-26-19(30-16)13-6-4-3-5-7-13/h3-10H,11,20H2,1-2H3,(H,22,27)/p+1/b21-10?,24-15+. The lowest BCUT2D eigenvalue weighted by Gasteiger charge is -2.01. The van der Waals surface area contributed by atoms with Crippen LogP contribution < -0.4 is 16.2 Å². The van der Waals surface area contributed by atoms with Gasteiger partial charge in [0.25, 0.3) is 5.91 Å².